The van der Waals surface area contributed by atoms with Crippen molar-refractivity contribution in [3.05, 3.63) is 35.4 Å². The second kappa shape index (κ2) is 7.15. The van der Waals surface area contributed by atoms with Crippen LogP contribution >= 0.6 is 0 Å². The molecule has 7 heteroatoms. The van der Waals surface area contributed by atoms with Crippen LogP contribution in [0, 0.1) is 11.6 Å². The van der Waals surface area contributed by atoms with Gasteiger partial charge in [0.25, 0.3) is 0 Å². The van der Waals surface area contributed by atoms with Gasteiger partial charge in [0.1, 0.15) is 11.6 Å². The largest absolute Gasteiger partial charge is 0.356 e. The predicted octanol–water partition coefficient (Wildman–Crippen LogP) is 1.74. The van der Waals surface area contributed by atoms with Crippen molar-refractivity contribution in [1.29, 1.82) is 0 Å². The monoisotopic (exact) mass is 336 g/mol. The molecule has 0 radical (unpaired) electrons. The Labute approximate surface area is 140 Å². The first kappa shape index (κ1) is 16.7. The minimum Gasteiger partial charge on any atom is -0.356 e. The fourth-order valence-electron chi connectivity index (χ4n) is 2.89. The third-order valence-electron chi connectivity index (χ3n) is 4.29. The number of nitrogens with one attached hydrogen (secondary N) is 1. The van der Waals surface area contributed by atoms with Crippen molar-refractivity contribution in [2.45, 2.75) is 32.4 Å². The van der Waals surface area contributed by atoms with Gasteiger partial charge < -0.3 is 15.1 Å². The molecule has 2 aliphatic rings. The number of hydrogen-bond donors (Lipinski definition) is 1. The summed E-state index contributed by atoms with van der Waals surface area (Å²) in [4.78, 5) is 20.5. The molecule has 5 nitrogen and oxygen atoms in total. The number of carbonyl (C=O) groups excluding carboxylic acids is 1. The van der Waals surface area contributed by atoms with E-state index in [1.54, 1.807) is 0 Å². The summed E-state index contributed by atoms with van der Waals surface area (Å²) < 4.78 is 27.0. The normalized spacial score (nSPS) is 19.0. The highest BCUT2D eigenvalue weighted by atomic mass is 19.1. The zero-order chi connectivity index (χ0) is 17.1. The van der Waals surface area contributed by atoms with Gasteiger partial charge in [0.15, 0.2) is 5.96 Å². The molecule has 130 valence electrons. The lowest BCUT2D eigenvalue weighted by atomic mass is 10.2. The number of halogens is 2. The van der Waals surface area contributed by atoms with E-state index in [9.17, 15) is 13.6 Å². The second-order valence-electron chi connectivity index (χ2n) is 6.15. The topological polar surface area (TPSA) is 47.9 Å². The standard InChI is InChI=1S/C17H22F2N4O/c1-2-20-17(21-10-12-9-13(18)3-6-15(12)19)22-7-8-23(14-4-5-14)16(24)11-22/h3,6,9,14H,2,4-5,7-8,10-11H2,1H3,(H,20,21). The van der Waals surface area contributed by atoms with Gasteiger partial charge in [0.2, 0.25) is 5.91 Å². The van der Waals surface area contributed by atoms with E-state index in [4.69, 9.17) is 0 Å². The molecule has 0 bridgehead atoms. The number of hydrogen-bond acceptors (Lipinski definition) is 2. The van der Waals surface area contributed by atoms with Gasteiger partial charge in [-0.15, -0.1) is 0 Å². The number of rotatable bonds is 4. The second-order valence-corrected chi connectivity index (χ2v) is 6.15. The first-order valence-electron chi connectivity index (χ1n) is 8.35. The van der Waals surface area contributed by atoms with Crippen molar-refractivity contribution < 1.29 is 13.6 Å². The number of amides is 1. The van der Waals surface area contributed by atoms with E-state index in [1.165, 1.54) is 0 Å². The van der Waals surface area contributed by atoms with E-state index < -0.39 is 11.6 Å². The molecular weight excluding hydrogens is 314 g/mol. The van der Waals surface area contributed by atoms with Crippen molar-refractivity contribution in [2.24, 2.45) is 4.99 Å². The Morgan fingerprint density at radius 1 is 1.33 bits per heavy atom. The lowest BCUT2D eigenvalue weighted by molar-refractivity contribution is -0.135. The fourth-order valence-corrected chi connectivity index (χ4v) is 2.89. The van der Waals surface area contributed by atoms with Crippen LogP contribution in [0.1, 0.15) is 25.3 Å². The molecule has 1 aliphatic carbocycles. The Balaban J connectivity index is 1.69. The number of carbonyl (C=O) groups is 1. The molecule has 0 atom stereocenters. The van der Waals surface area contributed by atoms with Crippen LogP contribution < -0.4 is 5.32 Å². The Kier molecular flexibility index (Phi) is 4.97. The molecule has 1 aromatic carbocycles. The highest BCUT2D eigenvalue weighted by Crippen LogP contribution is 2.28. The van der Waals surface area contributed by atoms with Gasteiger partial charge >= 0.3 is 0 Å². The average molecular weight is 336 g/mol. The molecule has 0 spiro atoms. The zero-order valence-corrected chi connectivity index (χ0v) is 13.8. The summed E-state index contributed by atoms with van der Waals surface area (Å²) >= 11 is 0. The predicted molar refractivity (Wildman–Crippen MR) is 87.5 cm³/mol. The molecular formula is C17H22F2N4O. The van der Waals surface area contributed by atoms with Gasteiger partial charge in [-0.1, -0.05) is 0 Å². The molecule has 3 rings (SSSR count). The highest BCUT2D eigenvalue weighted by Gasteiger charge is 2.36. The number of guanidine groups is 1. The summed E-state index contributed by atoms with van der Waals surface area (Å²) in [7, 11) is 0. The van der Waals surface area contributed by atoms with Crippen LogP contribution in [-0.4, -0.2) is 53.9 Å². The minimum absolute atomic E-state index is 0.0307. The summed E-state index contributed by atoms with van der Waals surface area (Å²) in [6.07, 6.45) is 2.19. The number of nitrogens with zero attached hydrogens (tertiary/aromatic N) is 3. The summed E-state index contributed by atoms with van der Waals surface area (Å²) in [5.41, 5.74) is 0.202. The fraction of sp³-hybridized carbons (Fsp3) is 0.529. The van der Waals surface area contributed by atoms with Gasteiger partial charge in [-0.3, -0.25) is 4.79 Å². The molecule has 1 N–H and O–H groups in total. The third-order valence-corrected chi connectivity index (χ3v) is 4.29. The molecule has 0 unspecified atom stereocenters. The Morgan fingerprint density at radius 3 is 2.79 bits per heavy atom. The zero-order valence-electron chi connectivity index (χ0n) is 13.8. The molecule has 1 saturated carbocycles. The summed E-state index contributed by atoms with van der Waals surface area (Å²) in [5, 5.41) is 3.13. The summed E-state index contributed by atoms with van der Waals surface area (Å²) in [5.74, 6) is -0.304. The molecule has 1 aliphatic heterocycles. The molecule has 1 heterocycles. The van der Waals surface area contributed by atoms with E-state index in [-0.39, 0.29) is 24.6 Å². The lowest BCUT2D eigenvalue weighted by Gasteiger charge is -2.36. The van der Waals surface area contributed by atoms with Gasteiger partial charge in [0.05, 0.1) is 13.1 Å². The summed E-state index contributed by atoms with van der Waals surface area (Å²) in [6, 6.07) is 3.76. The smallest absolute Gasteiger partial charge is 0.242 e. The number of piperazine rings is 1. The maximum Gasteiger partial charge on any atom is 0.242 e. The lowest BCUT2D eigenvalue weighted by Crippen LogP contribution is -2.55. The van der Waals surface area contributed by atoms with E-state index in [0.29, 0.717) is 31.6 Å². The maximum absolute atomic E-state index is 13.7. The van der Waals surface area contributed by atoms with Crippen LogP contribution in [0.4, 0.5) is 8.78 Å². The first-order valence-corrected chi connectivity index (χ1v) is 8.35. The van der Waals surface area contributed by atoms with Gasteiger partial charge in [-0.25, -0.2) is 13.8 Å². The first-order chi connectivity index (χ1) is 11.6. The van der Waals surface area contributed by atoms with Crippen molar-refractivity contribution in [3.63, 3.8) is 0 Å². The minimum atomic E-state index is -0.486. The molecule has 24 heavy (non-hydrogen) atoms. The highest BCUT2D eigenvalue weighted by molar-refractivity contribution is 5.88. The van der Waals surface area contributed by atoms with E-state index >= 15 is 0 Å². The Morgan fingerprint density at radius 2 is 2.12 bits per heavy atom. The van der Waals surface area contributed by atoms with E-state index in [0.717, 1.165) is 31.0 Å². The van der Waals surface area contributed by atoms with Gasteiger partial charge in [-0.2, -0.15) is 0 Å². The Bertz CT molecular complexity index is 645. The van der Waals surface area contributed by atoms with E-state index in [2.05, 4.69) is 10.3 Å². The van der Waals surface area contributed by atoms with Crippen LogP contribution in [0.5, 0.6) is 0 Å². The van der Waals surface area contributed by atoms with Crippen molar-refractivity contribution >= 4 is 11.9 Å². The van der Waals surface area contributed by atoms with Crippen molar-refractivity contribution in [3.8, 4) is 0 Å². The van der Waals surface area contributed by atoms with Crippen molar-refractivity contribution in [2.75, 3.05) is 26.2 Å². The number of aliphatic imine (C=N–C) groups is 1. The quantitative estimate of drug-likeness (QED) is 0.673. The average Bonchev–Trinajstić information content (AvgIpc) is 3.39. The van der Waals surface area contributed by atoms with Crippen LogP contribution in [-0.2, 0) is 11.3 Å². The van der Waals surface area contributed by atoms with Crippen LogP contribution in [0.25, 0.3) is 0 Å². The van der Waals surface area contributed by atoms with E-state index in [1.807, 2.05) is 16.7 Å². The molecule has 1 amide bonds. The molecule has 0 aromatic heterocycles. The molecule has 1 aromatic rings. The maximum atomic E-state index is 13.7. The number of benzene rings is 1. The molecule has 2 fully saturated rings. The van der Waals surface area contributed by atoms with Crippen molar-refractivity contribution in [1.82, 2.24) is 15.1 Å². The SMILES string of the molecule is CCNC(=NCc1cc(F)ccc1F)N1CCN(C2CC2)C(=O)C1. The van der Waals surface area contributed by atoms with Crippen LogP contribution in [0.3, 0.4) is 0 Å². The molecule has 1 saturated heterocycles. The Hall–Kier alpha value is -2.18. The third kappa shape index (κ3) is 3.83. The van der Waals surface area contributed by atoms with Gasteiger partial charge in [0, 0.05) is 31.2 Å². The van der Waals surface area contributed by atoms with Crippen LogP contribution in [0.15, 0.2) is 23.2 Å². The summed E-state index contributed by atoms with van der Waals surface area (Å²) in [6.45, 7) is 4.25. The van der Waals surface area contributed by atoms with Gasteiger partial charge in [-0.05, 0) is 38.0 Å². The van der Waals surface area contributed by atoms with Crippen LogP contribution in [0.2, 0.25) is 0 Å².